The Morgan fingerprint density at radius 1 is 1.36 bits per heavy atom. The number of alkyl carbamates (subject to hydrolysis) is 1. The van der Waals surface area contributed by atoms with Crippen LogP contribution in [0.3, 0.4) is 0 Å². The normalized spacial score (nSPS) is 12.5. The minimum absolute atomic E-state index is 0.0841. The summed E-state index contributed by atoms with van der Waals surface area (Å²) in [6.45, 7) is 12.7. The maximum Gasteiger partial charge on any atom is 0.407 e. The summed E-state index contributed by atoms with van der Waals surface area (Å²) >= 11 is 0. The second-order valence-corrected chi connectivity index (χ2v) is 5.60. The van der Waals surface area contributed by atoms with Gasteiger partial charge in [0.25, 0.3) is 0 Å². The van der Waals surface area contributed by atoms with Crippen LogP contribution in [-0.4, -0.2) is 36.6 Å². The molecule has 0 aromatic carbocycles. The second-order valence-electron chi connectivity index (χ2n) is 5.60. The Morgan fingerprint density at radius 3 is 2.36 bits per heavy atom. The summed E-state index contributed by atoms with van der Waals surface area (Å²) in [6.07, 6.45) is 8.35. The lowest BCUT2D eigenvalue weighted by molar-refractivity contribution is 0.0489. The molecule has 1 unspecified atom stereocenters. The first-order chi connectivity index (χ1) is 10.2. The molecule has 22 heavy (non-hydrogen) atoms. The smallest absolute Gasteiger partial charge is 0.407 e. The Labute approximate surface area is 134 Å². The maximum atomic E-state index is 11.0. The highest BCUT2D eigenvalue weighted by atomic mass is 16.6. The van der Waals surface area contributed by atoms with Crippen LogP contribution in [0, 0.1) is 0 Å². The first-order valence-electron chi connectivity index (χ1n) is 7.32. The number of carbonyl (C=O) groups excluding carboxylic acids is 1. The van der Waals surface area contributed by atoms with E-state index in [2.05, 4.69) is 24.9 Å². The summed E-state index contributed by atoms with van der Waals surface area (Å²) in [5, 5.41) is 11.1. The summed E-state index contributed by atoms with van der Waals surface area (Å²) in [7, 11) is 1.61. The van der Waals surface area contributed by atoms with Crippen LogP contribution in [0.2, 0.25) is 0 Å². The van der Waals surface area contributed by atoms with Gasteiger partial charge in [0.05, 0.1) is 19.8 Å². The van der Waals surface area contributed by atoms with Crippen molar-refractivity contribution in [2.24, 2.45) is 0 Å². The van der Waals surface area contributed by atoms with Gasteiger partial charge in [-0.2, -0.15) is 0 Å². The molecule has 2 N–H and O–H groups in total. The van der Waals surface area contributed by atoms with E-state index in [1.54, 1.807) is 34.8 Å². The molecular formula is C17H31NO4. The van der Waals surface area contributed by atoms with Crippen molar-refractivity contribution in [1.29, 1.82) is 0 Å². The van der Waals surface area contributed by atoms with Crippen LogP contribution in [-0.2, 0) is 9.47 Å². The highest BCUT2D eigenvalue weighted by Gasteiger charge is 2.16. The fourth-order valence-electron chi connectivity index (χ4n) is 1.000. The molecule has 0 aliphatic heterocycles. The number of hydrogen-bond acceptors (Lipinski definition) is 4. The van der Waals surface area contributed by atoms with Gasteiger partial charge in [0.2, 0.25) is 0 Å². The lowest BCUT2D eigenvalue weighted by Crippen LogP contribution is -2.39. The zero-order valence-corrected chi connectivity index (χ0v) is 14.7. The van der Waals surface area contributed by atoms with Crippen molar-refractivity contribution in [2.75, 3.05) is 13.7 Å². The van der Waals surface area contributed by atoms with Crippen molar-refractivity contribution in [3.8, 4) is 0 Å². The van der Waals surface area contributed by atoms with E-state index in [0.717, 1.165) is 6.42 Å². The van der Waals surface area contributed by atoms with Crippen LogP contribution in [0.25, 0.3) is 0 Å². The van der Waals surface area contributed by atoms with Gasteiger partial charge in [-0.05, 0) is 40.2 Å². The average molecular weight is 313 g/mol. The van der Waals surface area contributed by atoms with Gasteiger partial charge in [0, 0.05) is 0 Å². The van der Waals surface area contributed by atoms with E-state index >= 15 is 0 Å². The molecule has 0 fully saturated rings. The standard InChI is InChI=1S/C9H14O.C8H17NO3/c1-4-5-6-7-8-9(2)10-3;1-6(5-10)9-7(11)12-8(2,3)4/h5-8H,2,4H2,1,3H3;6,10H,5H2,1-4H3,(H,9,11)/b6-5-,8-7-;. The maximum absolute atomic E-state index is 11.0. The van der Waals surface area contributed by atoms with E-state index < -0.39 is 11.7 Å². The van der Waals surface area contributed by atoms with Crippen molar-refractivity contribution < 1.29 is 19.4 Å². The molecule has 1 atom stereocenters. The third-order valence-electron chi connectivity index (χ3n) is 2.06. The van der Waals surface area contributed by atoms with E-state index in [0.29, 0.717) is 5.76 Å². The van der Waals surface area contributed by atoms with Crippen molar-refractivity contribution in [1.82, 2.24) is 5.32 Å². The summed E-state index contributed by atoms with van der Waals surface area (Å²) < 4.78 is 9.76. The van der Waals surface area contributed by atoms with Crippen molar-refractivity contribution >= 4 is 6.09 Å². The molecule has 0 rings (SSSR count). The Kier molecular flexibility index (Phi) is 13.3. The summed E-state index contributed by atoms with van der Waals surface area (Å²) in [4.78, 5) is 11.0. The minimum atomic E-state index is -0.496. The number of amides is 1. The summed E-state index contributed by atoms with van der Waals surface area (Å²) in [5.74, 6) is 0.681. The first kappa shape index (κ1) is 22.5. The van der Waals surface area contributed by atoms with E-state index in [-0.39, 0.29) is 12.6 Å². The lowest BCUT2D eigenvalue weighted by atomic mass is 10.2. The predicted octanol–water partition coefficient (Wildman–Crippen LogP) is 3.56. The highest BCUT2D eigenvalue weighted by Crippen LogP contribution is 2.06. The number of carbonyl (C=O) groups is 1. The van der Waals surface area contributed by atoms with Gasteiger partial charge in [0.1, 0.15) is 11.4 Å². The molecule has 0 radical (unpaired) electrons. The van der Waals surface area contributed by atoms with Gasteiger partial charge >= 0.3 is 6.09 Å². The molecule has 0 spiro atoms. The second kappa shape index (κ2) is 13.0. The molecule has 0 aromatic rings. The van der Waals surface area contributed by atoms with Crippen molar-refractivity contribution in [3.63, 3.8) is 0 Å². The number of rotatable bonds is 6. The molecule has 0 bridgehead atoms. The summed E-state index contributed by atoms with van der Waals surface area (Å²) in [5.41, 5.74) is -0.487. The van der Waals surface area contributed by atoms with Gasteiger partial charge in [-0.25, -0.2) is 4.79 Å². The number of aliphatic hydroxyl groups is 1. The fourth-order valence-corrected chi connectivity index (χ4v) is 1.000. The lowest BCUT2D eigenvalue weighted by Gasteiger charge is -2.21. The molecular weight excluding hydrogens is 282 g/mol. The number of nitrogens with one attached hydrogen (secondary N) is 1. The van der Waals surface area contributed by atoms with Crippen LogP contribution in [0.5, 0.6) is 0 Å². The number of allylic oxidation sites excluding steroid dienone is 4. The van der Waals surface area contributed by atoms with Gasteiger partial charge in [-0.15, -0.1) is 0 Å². The average Bonchev–Trinajstić information content (AvgIpc) is 2.41. The Hall–Kier alpha value is -1.75. The highest BCUT2D eigenvalue weighted by molar-refractivity contribution is 5.68. The zero-order chi connectivity index (χ0) is 17.6. The van der Waals surface area contributed by atoms with Gasteiger partial charge in [-0.3, -0.25) is 0 Å². The molecule has 0 saturated carbocycles. The van der Waals surface area contributed by atoms with Gasteiger partial charge < -0.3 is 19.9 Å². The molecule has 0 aromatic heterocycles. The van der Waals surface area contributed by atoms with Crippen LogP contribution in [0.1, 0.15) is 41.0 Å². The van der Waals surface area contributed by atoms with Crippen molar-refractivity contribution in [2.45, 2.75) is 52.7 Å². The first-order valence-corrected chi connectivity index (χ1v) is 7.32. The predicted molar refractivity (Wildman–Crippen MR) is 90.6 cm³/mol. The zero-order valence-electron chi connectivity index (χ0n) is 14.7. The molecule has 0 heterocycles. The fraction of sp³-hybridized carbons (Fsp3) is 0.588. The summed E-state index contributed by atoms with van der Waals surface area (Å²) in [6, 6.07) is -0.264. The van der Waals surface area contributed by atoms with Gasteiger partial charge in [0.15, 0.2) is 0 Å². The van der Waals surface area contributed by atoms with Crippen LogP contribution in [0.15, 0.2) is 36.6 Å². The minimum Gasteiger partial charge on any atom is -0.497 e. The Bertz CT molecular complexity index is 367. The number of methoxy groups -OCH3 is 1. The quantitative estimate of drug-likeness (QED) is 0.581. The molecule has 0 saturated heterocycles. The van der Waals surface area contributed by atoms with E-state index in [1.165, 1.54) is 0 Å². The monoisotopic (exact) mass is 313 g/mol. The van der Waals surface area contributed by atoms with E-state index in [9.17, 15) is 4.79 Å². The largest absolute Gasteiger partial charge is 0.497 e. The van der Waals surface area contributed by atoms with Crippen LogP contribution in [0.4, 0.5) is 4.79 Å². The SMILES string of the molecule is C=C(/C=C\C=C/CC)OC.CC(CO)NC(=O)OC(C)(C)C. The van der Waals surface area contributed by atoms with E-state index in [4.69, 9.17) is 14.6 Å². The van der Waals surface area contributed by atoms with Crippen molar-refractivity contribution in [3.05, 3.63) is 36.6 Å². The number of ether oxygens (including phenoxy) is 2. The van der Waals surface area contributed by atoms with E-state index in [1.807, 2.05) is 18.2 Å². The molecule has 5 nitrogen and oxygen atoms in total. The number of aliphatic hydroxyl groups excluding tert-OH is 1. The molecule has 5 heteroatoms. The van der Waals surface area contributed by atoms with Crippen LogP contribution >= 0.6 is 0 Å². The topological polar surface area (TPSA) is 67.8 Å². The number of hydrogen-bond donors (Lipinski definition) is 2. The molecule has 0 aliphatic carbocycles. The third kappa shape index (κ3) is 18.2. The molecule has 1 amide bonds. The van der Waals surface area contributed by atoms with Crippen LogP contribution < -0.4 is 5.32 Å². The Morgan fingerprint density at radius 2 is 1.95 bits per heavy atom. The molecule has 128 valence electrons. The molecule has 0 aliphatic rings. The Balaban J connectivity index is 0. The third-order valence-corrected chi connectivity index (χ3v) is 2.06. The van der Waals surface area contributed by atoms with Gasteiger partial charge in [-0.1, -0.05) is 31.7 Å².